The van der Waals surface area contributed by atoms with Crippen LogP contribution in [0.25, 0.3) is 0 Å². The number of guanidine groups is 1. The summed E-state index contributed by atoms with van der Waals surface area (Å²) in [6, 6.07) is 5.72. The summed E-state index contributed by atoms with van der Waals surface area (Å²) in [4.78, 5) is 6.62. The quantitative estimate of drug-likeness (QED) is 0.686. The highest BCUT2D eigenvalue weighted by Crippen LogP contribution is 2.22. The van der Waals surface area contributed by atoms with Crippen molar-refractivity contribution in [2.24, 2.45) is 10.7 Å². The van der Waals surface area contributed by atoms with Gasteiger partial charge in [-0.1, -0.05) is 17.7 Å². The lowest BCUT2D eigenvalue weighted by molar-refractivity contribution is 0.338. The van der Waals surface area contributed by atoms with Gasteiger partial charge in [-0.3, -0.25) is 4.99 Å². The van der Waals surface area contributed by atoms with Gasteiger partial charge in [0.15, 0.2) is 5.96 Å². The van der Waals surface area contributed by atoms with Gasteiger partial charge >= 0.3 is 0 Å². The molecule has 0 aromatic heterocycles. The fourth-order valence-corrected chi connectivity index (χ4v) is 2.64. The van der Waals surface area contributed by atoms with Gasteiger partial charge in [0.05, 0.1) is 7.11 Å². The van der Waals surface area contributed by atoms with Crippen LogP contribution < -0.4 is 10.5 Å². The van der Waals surface area contributed by atoms with Gasteiger partial charge in [0, 0.05) is 24.7 Å². The first-order valence-electron chi connectivity index (χ1n) is 7.08. The second-order valence-corrected chi connectivity index (χ2v) is 5.40. The average molecular weight is 296 g/mol. The number of rotatable bonds is 4. The van der Waals surface area contributed by atoms with Crippen molar-refractivity contribution in [2.75, 3.05) is 26.7 Å². The number of halogens is 1. The molecule has 1 heterocycles. The number of ether oxygens (including phenoxy) is 1. The summed E-state index contributed by atoms with van der Waals surface area (Å²) < 4.78 is 5.13. The summed E-state index contributed by atoms with van der Waals surface area (Å²) >= 11 is 6.20. The lowest BCUT2D eigenvalue weighted by Gasteiger charge is -2.27. The maximum absolute atomic E-state index is 6.20. The van der Waals surface area contributed by atoms with Crippen LogP contribution in [0.15, 0.2) is 23.2 Å². The molecule has 2 rings (SSSR count). The molecular formula is C15H22ClN3O. The van der Waals surface area contributed by atoms with Gasteiger partial charge in [-0.25, -0.2) is 0 Å². The Hall–Kier alpha value is -1.42. The summed E-state index contributed by atoms with van der Waals surface area (Å²) in [6.45, 7) is 2.71. The van der Waals surface area contributed by atoms with Crippen molar-refractivity contribution in [3.63, 3.8) is 0 Å². The van der Waals surface area contributed by atoms with E-state index in [0.717, 1.165) is 35.8 Å². The molecule has 2 N–H and O–H groups in total. The van der Waals surface area contributed by atoms with E-state index in [1.807, 2.05) is 18.2 Å². The van der Waals surface area contributed by atoms with Crippen LogP contribution in [0.2, 0.25) is 5.02 Å². The summed E-state index contributed by atoms with van der Waals surface area (Å²) in [6.07, 6.45) is 4.50. The Labute approximate surface area is 125 Å². The molecule has 20 heavy (non-hydrogen) atoms. The molecule has 1 aliphatic heterocycles. The van der Waals surface area contributed by atoms with Crippen molar-refractivity contribution in [1.82, 2.24) is 4.90 Å². The number of nitrogens with zero attached hydrogens (tertiary/aromatic N) is 2. The molecule has 1 saturated heterocycles. The van der Waals surface area contributed by atoms with Crippen LogP contribution in [0.1, 0.15) is 24.8 Å². The highest BCUT2D eigenvalue weighted by Gasteiger charge is 2.11. The van der Waals surface area contributed by atoms with E-state index < -0.39 is 0 Å². The van der Waals surface area contributed by atoms with Crippen LogP contribution in [0.4, 0.5) is 0 Å². The fraction of sp³-hybridized carbons (Fsp3) is 0.533. The second kappa shape index (κ2) is 7.39. The Bertz CT molecular complexity index is 470. The molecule has 1 aromatic carbocycles. The van der Waals surface area contributed by atoms with Crippen molar-refractivity contribution in [2.45, 2.75) is 25.7 Å². The van der Waals surface area contributed by atoms with Crippen LogP contribution in [0.3, 0.4) is 0 Å². The smallest absolute Gasteiger partial charge is 0.191 e. The minimum Gasteiger partial charge on any atom is -0.497 e. The fourth-order valence-electron chi connectivity index (χ4n) is 2.37. The summed E-state index contributed by atoms with van der Waals surface area (Å²) in [7, 11) is 1.63. The molecule has 0 radical (unpaired) electrons. The summed E-state index contributed by atoms with van der Waals surface area (Å²) in [5, 5.41) is 0.719. The molecule has 0 atom stereocenters. The zero-order chi connectivity index (χ0) is 14.4. The molecule has 1 aliphatic rings. The first-order chi connectivity index (χ1) is 9.70. The van der Waals surface area contributed by atoms with Gasteiger partial charge in [-0.15, -0.1) is 0 Å². The first-order valence-corrected chi connectivity index (χ1v) is 7.46. The SMILES string of the molecule is COc1ccc(CCN=C(N)N2CCCCC2)c(Cl)c1. The average Bonchev–Trinajstić information content (AvgIpc) is 2.49. The number of piperidine rings is 1. The number of aliphatic imine (C=N–C) groups is 1. The Kier molecular flexibility index (Phi) is 5.53. The van der Waals surface area contributed by atoms with Crippen molar-refractivity contribution in [3.05, 3.63) is 28.8 Å². The normalized spacial score (nSPS) is 16.3. The van der Waals surface area contributed by atoms with Crippen LogP contribution in [-0.4, -0.2) is 37.6 Å². The predicted molar refractivity (Wildman–Crippen MR) is 83.6 cm³/mol. The predicted octanol–water partition coefficient (Wildman–Crippen LogP) is 2.69. The Morgan fingerprint density at radius 2 is 2.10 bits per heavy atom. The molecule has 0 saturated carbocycles. The number of hydrogen-bond acceptors (Lipinski definition) is 2. The molecular weight excluding hydrogens is 274 g/mol. The van der Waals surface area contributed by atoms with Gasteiger partial charge in [0.1, 0.15) is 5.75 Å². The van der Waals surface area contributed by atoms with Gasteiger partial charge in [0.25, 0.3) is 0 Å². The van der Waals surface area contributed by atoms with E-state index in [0.29, 0.717) is 12.5 Å². The van der Waals surface area contributed by atoms with Gasteiger partial charge in [-0.2, -0.15) is 0 Å². The molecule has 4 nitrogen and oxygen atoms in total. The number of hydrogen-bond donors (Lipinski definition) is 1. The van der Waals surface area contributed by atoms with E-state index >= 15 is 0 Å². The standard InChI is InChI=1S/C15H22ClN3O/c1-20-13-6-5-12(14(16)11-13)7-8-18-15(17)19-9-3-2-4-10-19/h5-6,11H,2-4,7-10H2,1H3,(H2,17,18). The van der Waals surface area contributed by atoms with Crippen molar-refractivity contribution in [3.8, 4) is 5.75 Å². The van der Waals surface area contributed by atoms with E-state index in [-0.39, 0.29) is 0 Å². The molecule has 5 heteroatoms. The van der Waals surface area contributed by atoms with E-state index in [1.54, 1.807) is 7.11 Å². The monoisotopic (exact) mass is 295 g/mol. The van der Waals surface area contributed by atoms with Gasteiger partial charge in [0.2, 0.25) is 0 Å². The van der Waals surface area contributed by atoms with Crippen LogP contribution in [-0.2, 0) is 6.42 Å². The van der Waals surface area contributed by atoms with E-state index in [4.69, 9.17) is 22.1 Å². The van der Waals surface area contributed by atoms with Crippen LogP contribution >= 0.6 is 11.6 Å². The third kappa shape index (κ3) is 4.04. The minimum atomic E-state index is 0.661. The number of nitrogens with two attached hydrogens (primary N) is 1. The number of methoxy groups -OCH3 is 1. The highest BCUT2D eigenvalue weighted by molar-refractivity contribution is 6.31. The molecule has 110 valence electrons. The van der Waals surface area contributed by atoms with Crippen molar-refractivity contribution >= 4 is 17.6 Å². The maximum atomic E-state index is 6.20. The molecule has 0 aliphatic carbocycles. The number of likely N-dealkylation sites (tertiary alicyclic amines) is 1. The zero-order valence-electron chi connectivity index (χ0n) is 11.9. The van der Waals surface area contributed by atoms with Crippen LogP contribution in [0, 0.1) is 0 Å². The van der Waals surface area contributed by atoms with E-state index in [9.17, 15) is 0 Å². The van der Waals surface area contributed by atoms with Gasteiger partial charge < -0.3 is 15.4 Å². The lowest BCUT2D eigenvalue weighted by atomic mass is 10.1. The first kappa shape index (κ1) is 15.0. The van der Waals surface area contributed by atoms with E-state index in [2.05, 4.69) is 9.89 Å². The third-order valence-corrected chi connectivity index (χ3v) is 3.95. The minimum absolute atomic E-state index is 0.661. The largest absolute Gasteiger partial charge is 0.497 e. The van der Waals surface area contributed by atoms with Gasteiger partial charge in [-0.05, 0) is 43.4 Å². The molecule has 0 unspecified atom stereocenters. The van der Waals surface area contributed by atoms with Crippen molar-refractivity contribution < 1.29 is 4.74 Å². The lowest BCUT2D eigenvalue weighted by Crippen LogP contribution is -2.41. The summed E-state index contributed by atoms with van der Waals surface area (Å²) in [5.74, 6) is 1.43. The molecule has 1 aromatic rings. The molecule has 1 fully saturated rings. The number of benzene rings is 1. The Balaban J connectivity index is 1.88. The molecule has 0 bridgehead atoms. The highest BCUT2D eigenvalue weighted by atomic mass is 35.5. The zero-order valence-corrected chi connectivity index (χ0v) is 12.7. The summed E-state index contributed by atoms with van der Waals surface area (Å²) in [5.41, 5.74) is 7.09. The Morgan fingerprint density at radius 3 is 2.75 bits per heavy atom. The third-order valence-electron chi connectivity index (χ3n) is 3.60. The van der Waals surface area contributed by atoms with Crippen LogP contribution in [0.5, 0.6) is 5.75 Å². The van der Waals surface area contributed by atoms with E-state index in [1.165, 1.54) is 19.3 Å². The topological polar surface area (TPSA) is 50.9 Å². The Morgan fingerprint density at radius 1 is 1.35 bits per heavy atom. The maximum Gasteiger partial charge on any atom is 0.191 e. The second-order valence-electron chi connectivity index (χ2n) is 4.99. The molecule has 0 amide bonds. The van der Waals surface area contributed by atoms with Crippen molar-refractivity contribution in [1.29, 1.82) is 0 Å². The molecule has 0 spiro atoms.